The van der Waals surface area contributed by atoms with Crippen LogP contribution in [0.15, 0.2) is 72.9 Å². The zero-order valence-corrected chi connectivity index (χ0v) is 18.8. The number of rotatable bonds is 9. The number of aromatic amines is 1. The number of hydrogen-bond acceptors (Lipinski definition) is 4. The molecule has 170 valence electrons. The second-order valence-electron chi connectivity index (χ2n) is 7.79. The van der Waals surface area contributed by atoms with Crippen LogP contribution in [0, 0.1) is 0 Å². The second-order valence-corrected chi connectivity index (χ2v) is 7.79. The minimum absolute atomic E-state index is 0.176. The van der Waals surface area contributed by atoms with Gasteiger partial charge in [0.2, 0.25) is 0 Å². The Morgan fingerprint density at radius 1 is 1.06 bits per heavy atom. The molecule has 0 aliphatic heterocycles. The number of aromatic nitrogens is 1. The van der Waals surface area contributed by atoms with E-state index >= 15 is 0 Å². The highest BCUT2D eigenvalue weighted by molar-refractivity contribution is 5.98. The summed E-state index contributed by atoms with van der Waals surface area (Å²) in [5, 5.41) is 14.0. The fourth-order valence-corrected chi connectivity index (χ4v) is 3.96. The van der Waals surface area contributed by atoms with Gasteiger partial charge in [-0.15, -0.1) is 0 Å². The number of hydrogen-bond donors (Lipinski definition) is 3. The van der Waals surface area contributed by atoms with Gasteiger partial charge in [-0.1, -0.05) is 36.4 Å². The van der Waals surface area contributed by atoms with Gasteiger partial charge in [0.15, 0.2) is 0 Å². The van der Waals surface area contributed by atoms with E-state index < -0.39 is 6.04 Å². The largest absolute Gasteiger partial charge is 0.497 e. The van der Waals surface area contributed by atoms with Crippen LogP contribution >= 0.6 is 0 Å². The van der Waals surface area contributed by atoms with Gasteiger partial charge in [0.1, 0.15) is 11.5 Å². The molecule has 3 aromatic carbocycles. The van der Waals surface area contributed by atoms with Gasteiger partial charge in [0.05, 0.1) is 31.9 Å². The van der Waals surface area contributed by atoms with Gasteiger partial charge < -0.3 is 24.9 Å². The van der Waals surface area contributed by atoms with Crippen molar-refractivity contribution in [1.82, 2.24) is 10.3 Å². The number of carbonyl (C=O) groups excluding carboxylic acids is 1. The number of aliphatic hydroxyl groups excluding tert-OH is 1. The molecule has 0 radical (unpaired) electrons. The van der Waals surface area contributed by atoms with Crippen molar-refractivity contribution in [2.75, 3.05) is 20.3 Å². The number of amides is 1. The predicted octanol–water partition coefficient (Wildman–Crippen LogP) is 4.58. The summed E-state index contributed by atoms with van der Waals surface area (Å²) in [6, 6.07) is 20.8. The van der Waals surface area contributed by atoms with E-state index in [4.69, 9.17) is 9.47 Å². The van der Waals surface area contributed by atoms with Crippen molar-refractivity contribution < 1.29 is 19.4 Å². The van der Waals surface area contributed by atoms with Crippen LogP contribution in [0.4, 0.5) is 0 Å². The molecular formula is C27H28N2O4. The first-order valence-electron chi connectivity index (χ1n) is 11.0. The molecule has 3 N–H and O–H groups in total. The first-order valence-corrected chi connectivity index (χ1v) is 11.0. The molecular weight excluding hydrogens is 416 g/mol. The maximum absolute atomic E-state index is 13.3. The van der Waals surface area contributed by atoms with Crippen molar-refractivity contribution in [3.05, 3.63) is 84.1 Å². The van der Waals surface area contributed by atoms with E-state index in [0.29, 0.717) is 24.3 Å². The Kier molecular flexibility index (Phi) is 6.95. The van der Waals surface area contributed by atoms with Gasteiger partial charge in [-0.25, -0.2) is 0 Å². The van der Waals surface area contributed by atoms with Gasteiger partial charge in [-0.05, 0) is 60.4 Å². The summed E-state index contributed by atoms with van der Waals surface area (Å²) < 4.78 is 11.0. The van der Waals surface area contributed by atoms with Crippen molar-refractivity contribution in [3.63, 3.8) is 0 Å². The summed E-state index contributed by atoms with van der Waals surface area (Å²) in [6.07, 6.45) is 2.43. The Hall–Kier alpha value is -3.77. The molecule has 1 aromatic heterocycles. The molecule has 4 rings (SSSR count). The van der Waals surface area contributed by atoms with E-state index in [1.807, 2.05) is 73.8 Å². The van der Waals surface area contributed by atoms with E-state index in [2.05, 4.69) is 10.3 Å². The third-order valence-corrected chi connectivity index (χ3v) is 5.62. The third-order valence-electron chi connectivity index (χ3n) is 5.62. The SMILES string of the molecule is CCOc1ccc(-c2cccc(OC)c2)cc1C(=O)NC(CO)Cc1c[nH]c2ccccc12. The molecule has 6 nitrogen and oxygen atoms in total. The van der Waals surface area contributed by atoms with Crippen molar-refractivity contribution in [1.29, 1.82) is 0 Å². The van der Waals surface area contributed by atoms with Crippen molar-refractivity contribution in [2.45, 2.75) is 19.4 Å². The molecule has 0 saturated heterocycles. The van der Waals surface area contributed by atoms with Gasteiger partial charge in [0, 0.05) is 17.1 Å². The lowest BCUT2D eigenvalue weighted by molar-refractivity contribution is 0.0913. The average molecular weight is 445 g/mol. The maximum atomic E-state index is 13.3. The topological polar surface area (TPSA) is 83.6 Å². The Bertz CT molecular complexity index is 1250. The molecule has 6 heteroatoms. The highest BCUT2D eigenvalue weighted by atomic mass is 16.5. The van der Waals surface area contributed by atoms with Gasteiger partial charge in [-0.2, -0.15) is 0 Å². The molecule has 0 aliphatic carbocycles. The Morgan fingerprint density at radius 3 is 2.67 bits per heavy atom. The molecule has 4 aromatic rings. The van der Waals surface area contributed by atoms with Crippen molar-refractivity contribution in [2.24, 2.45) is 0 Å². The lowest BCUT2D eigenvalue weighted by atomic mass is 10.0. The molecule has 1 heterocycles. The van der Waals surface area contributed by atoms with E-state index in [0.717, 1.165) is 33.3 Å². The monoisotopic (exact) mass is 444 g/mol. The molecule has 0 saturated carbocycles. The zero-order chi connectivity index (χ0) is 23.2. The van der Waals surface area contributed by atoms with Crippen LogP contribution in [-0.4, -0.2) is 42.4 Å². The van der Waals surface area contributed by atoms with Crippen LogP contribution in [-0.2, 0) is 6.42 Å². The maximum Gasteiger partial charge on any atom is 0.255 e. The Labute approximate surface area is 193 Å². The molecule has 1 atom stereocenters. The first kappa shape index (κ1) is 22.4. The number of methoxy groups -OCH3 is 1. The zero-order valence-electron chi connectivity index (χ0n) is 18.8. The Morgan fingerprint density at radius 2 is 1.88 bits per heavy atom. The summed E-state index contributed by atoms with van der Waals surface area (Å²) in [5.41, 5.74) is 4.30. The summed E-state index contributed by atoms with van der Waals surface area (Å²) in [6.45, 7) is 2.15. The minimum Gasteiger partial charge on any atom is -0.497 e. The van der Waals surface area contributed by atoms with E-state index in [1.165, 1.54) is 0 Å². The second kappa shape index (κ2) is 10.2. The highest BCUT2D eigenvalue weighted by Gasteiger charge is 2.19. The standard InChI is InChI=1S/C27H28N2O4/c1-3-33-26-12-11-19(18-7-6-8-22(14-18)32-2)15-24(26)27(31)29-21(17-30)13-20-16-28-25-10-5-4-9-23(20)25/h4-12,14-16,21,28,30H,3,13,17H2,1-2H3,(H,29,31). The average Bonchev–Trinajstić information content (AvgIpc) is 3.26. The highest BCUT2D eigenvalue weighted by Crippen LogP contribution is 2.29. The number of aliphatic hydroxyl groups is 1. The predicted molar refractivity (Wildman–Crippen MR) is 130 cm³/mol. The first-order chi connectivity index (χ1) is 16.1. The van der Waals surface area contributed by atoms with Crippen LogP contribution in [0.2, 0.25) is 0 Å². The quantitative estimate of drug-likeness (QED) is 0.353. The van der Waals surface area contributed by atoms with Crippen molar-refractivity contribution >= 4 is 16.8 Å². The number of para-hydroxylation sites is 1. The van der Waals surface area contributed by atoms with Crippen LogP contribution < -0.4 is 14.8 Å². The summed E-state index contributed by atoms with van der Waals surface area (Å²) >= 11 is 0. The molecule has 0 aliphatic rings. The molecule has 0 bridgehead atoms. The minimum atomic E-state index is -0.438. The third kappa shape index (κ3) is 5.02. The number of benzene rings is 3. The fourth-order valence-electron chi connectivity index (χ4n) is 3.96. The van der Waals surface area contributed by atoms with Crippen LogP contribution in [0.1, 0.15) is 22.8 Å². The number of nitrogens with one attached hydrogen (secondary N) is 2. The van der Waals surface area contributed by atoms with Gasteiger partial charge >= 0.3 is 0 Å². The van der Waals surface area contributed by atoms with Crippen LogP contribution in [0.5, 0.6) is 11.5 Å². The molecule has 1 unspecified atom stereocenters. The molecule has 1 amide bonds. The van der Waals surface area contributed by atoms with E-state index in [1.54, 1.807) is 13.2 Å². The van der Waals surface area contributed by atoms with Crippen LogP contribution in [0.3, 0.4) is 0 Å². The Balaban J connectivity index is 1.59. The summed E-state index contributed by atoms with van der Waals surface area (Å²) in [5.74, 6) is 0.957. The molecule has 33 heavy (non-hydrogen) atoms. The van der Waals surface area contributed by atoms with Crippen molar-refractivity contribution in [3.8, 4) is 22.6 Å². The van der Waals surface area contributed by atoms with Gasteiger partial charge in [0.25, 0.3) is 5.91 Å². The summed E-state index contributed by atoms with van der Waals surface area (Å²) in [7, 11) is 1.62. The van der Waals surface area contributed by atoms with Gasteiger partial charge in [-0.3, -0.25) is 4.79 Å². The van der Waals surface area contributed by atoms with Crippen LogP contribution in [0.25, 0.3) is 22.0 Å². The molecule has 0 fully saturated rings. The smallest absolute Gasteiger partial charge is 0.255 e. The number of fused-ring (bicyclic) bond motifs is 1. The summed E-state index contributed by atoms with van der Waals surface area (Å²) in [4.78, 5) is 16.5. The lowest BCUT2D eigenvalue weighted by Crippen LogP contribution is -2.39. The van der Waals surface area contributed by atoms with E-state index in [9.17, 15) is 9.90 Å². The van der Waals surface area contributed by atoms with E-state index in [-0.39, 0.29) is 12.5 Å². The number of carbonyl (C=O) groups is 1. The normalized spacial score (nSPS) is 11.8. The number of H-pyrrole nitrogens is 1. The lowest BCUT2D eigenvalue weighted by Gasteiger charge is -2.18. The number of ether oxygens (including phenoxy) is 2. The molecule has 0 spiro atoms. The fraction of sp³-hybridized carbons (Fsp3) is 0.222.